The van der Waals surface area contributed by atoms with E-state index in [1.807, 2.05) is 13.0 Å². The number of methoxy groups -OCH3 is 2. The Bertz CT molecular complexity index is 1680. The van der Waals surface area contributed by atoms with Gasteiger partial charge < -0.3 is 19.7 Å². The van der Waals surface area contributed by atoms with Crippen molar-refractivity contribution in [1.82, 2.24) is 14.8 Å². The summed E-state index contributed by atoms with van der Waals surface area (Å²) in [6.07, 6.45) is 3.80. The number of amides is 2. The summed E-state index contributed by atoms with van der Waals surface area (Å²) in [6, 6.07) is 12.7. The van der Waals surface area contributed by atoms with E-state index in [0.717, 1.165) is 6.20 Å². The van der Waals surface area contributed by atoms with Gasteiger partial charge in [-0.05, 0) is 43.3 Å². The van der Waals surface area contributed by atoms with Crippen molar-refractivity contribution in [1.29, 1.82) is 5.26 Å². The molecule has 1 aliphatic rings. The number of anilines is 2. The summed E-state index contributed by atoms with van der Waals surface area (Å²) in [4.78, 5) is 31.9. The van der Waals surface area contributed by atoms with Crippen molar-refractivity contribution in [3.8, 4) is 17.6 Å². The Labute approximate surface area is 233 Å². The van der Waals surface area contributed by atoms with E-state index in [0.29, 0.717) is 18.0 Å². The molecule has 0 saturated carbocycles. The van der Waals surface area contributed by atoms with Crippen LogP contribution in [0.5, 0.6) is 11.5 Å². The van der Waals surface area contributed by atoms with Crippen molar-refractivity contribution in [2.24, 2.45) is 0 Å². The minimum absolute atomic E-state index is 0.141. The molecule has 2 aromatic carbocycles. The van der Waals surface area contributed by atoms with Gasteiger partial charge in [-0.15, -0.1) is 0 Å². The van der Waals surface area contributed by atoms with Crippen LogP contribution in [0, 0.1) is 11.3 Å². The molecule has 0 fully saturated rings. The Balaban J connectivity index is 1.40. The molecule has 0 spiro atoms. The normalized spacial score (nSPS) is 14.7. The van der Waals surface area contributed by atoms with Crippen molar-refractivity contribution in [2.45, 2.75) is 25.4 Å². The van der Waals surface area contributed by atoms with E-state index < -0.39 is 17.7 Å². The van der Waals surface area contributed by atoms with Gasteiger partial charge in [0.05, 0.1) is 50.5 Å². The van der Waals surface area contributed by atoms with Crippen molar-refractivity contribution >= 4 is 23.2 Å². The second kappa shape index (κ2) is 10.7. The van der Waals surface area contributed by atoms with Crippen LogP contribution in [0.1, 0.15) is 44.5 Å². The summed E-state index contributed by atoms with van der Waals surface area (Å²) in [7, 11) is 2.79. The maximum atomic E-state index is 15.2. The highest BCUT2D eigenvalue weighted by Gasteiger charge is 2.37. The zero-order valence-corrected chi connectivity index (χ0v) is 22.3. The predicted octanol–water partition coefficient (Wildman–Crippen LogP) is 4.61. The Kier molecular flexibility index (Phi) is 7.11. The Hall–Kier alpha value is -5.31. The third kappa shape index (κ3) is 4.93. The average Bonchev–Trinajstić information content (AvgIpc) is 3.39. The topological polar surface area (TPSA) is 122 Å². The van der Waals surface area contributed by atoms with Crippen LogP contribution in [0.4, 0.5) is 20.2 Å². The first-order valence-electron chi connectivity index (χ1n) is 12.4. The van der Waals surface area contributed by atoms with Gasteiger partial charge in [0.1, 0.15) is 23.3 Å². The molecule has 0 aliphatic carbocycles. The predicted molar refractivity (Wildman–Crippen MR) is 144 cm³/mol. The molecular formula is C29H24F2N6O4. The number of benzene rings is 2. The number of pyridine rings is 1. The molecule has 1 N–H and O–H groups in total. The average molecular weight is 559 g/mol. The van der Waals surface area contributed by atoms with E-state index in [1.54, 1.807) is 0 Å². The van der Waals surface area contributed by atoms with Gasteiger partial charge in [0.15, 0.2) is 0 Å². The van der Waals surface area contributed by atoms with Gasteiger partial charge in [0.2, 0.25) is 0 Å². The zero-order chi connectivity index (χ0) is 29.3. The fourth-order valence-corrected chi connectivity index (χ4v) is 4.69. The summed E-state index contributed by atoms with van der Waals surface area (Å²) >= 11 is 0. The lowest BCUT2D eigenvalue weighted by molar-refractivity contribution is 0.0422. The number of carbonyl (C=O) groups excluding carboxylic acids is 2. The van der Waals surface area contributed by atoms with Crippen molar-refractivity contribution in [3.05, 3.63) is 95.1 Å². The third-order valence-corrected chi connectivity index (χ3v) is 6.79. The minimum Gasteiger partial charge on any atom is -0.495 e. The van der Waals surface area contributed by atoms with Gasteiger partial charge in [0.25, 0.3) is 17.7 Å². The quantitative estimate of drug-likeness (QED) is 0.352. The van der Waals surface area contributed by atoms with Crippen LogP contribution >= 0.6 is 0 Å². The first-order chi connectivity index (χ1) is 19.7. The monoisotopic (exact) mass is 558 g/mol. The number of hydrogen-bond donors (Lipinski definition) is 1. The summed E-state index contributed by atoms with van der Waals surface area (Å²) in [5.41, 5.74) is 0.507. The van der Waals surface area contributed by atoms with Crippen LogP contribution in [0.3, 0.4) is 0 Å². The van der Waals surface area contributed by atoms with Crippen LogP contribution < -0.4 is 19.7 Å². The smallest absolute Gasteiger partial charge is 0.300 e. The molecule has 1 unspecified atom stereocenters. The lowest BCUT2D eigenvalue weighted by Crippen LogP contribution is -2.47. The molecule has 1 aliphatic heterocycles. The van der Waals surface area contributed by atoms with Gasteiger partial charge in [-0.1, -0.05) is 12.1 Å². The van der Waals surface area contributed by atoms with Crippen molar-refractivity contribution < 1.29 is 27.8 Å². The standard InChI is InChI=1S/C29H24F2N6O4/c1-17-16-36-26(24(15-34-36)35-27(38)18-4-9-25(41-3)19(10-18)12-32)28(39)37(17)22-7-5-20(6-8-22)29(30,31)21-11-23(40-2)14-33-13-21/h4-11,13-15,17H,16H2,1-3H3,(H,35,38). The molecule has 0 saturated heterocycles. The SMILES string of the molecule is COc1cncc(C(F)(F)c2ccc(N3C(=O)c4c(NC(=O)c5ccc(OC)c(C#N)c5)cnn4CC3C)cc2)c1. The molecule has 4 aromatic rings. The van der Waals surface area contributed by atoms with E-state index in [9.17, 15) is 14.9 Å². The highest BCUT2D eigenvalue weighted by molar-refractivity contribution is 6.13. The third-order valence-electron chi connectivity index (χ3n) is 6.79. The summed E-state index contributed by atoms with van der Waals surface area (Å²) in [6.45, 7) is 2.12. The molecule has 41 heavy (non-hydrogen) atoms. The maximum Gasteiger partial charge on any atom is 0.300 e. The van der Waals surface area contributed by atoms with E-state index >= 15 is 8.78 Å². The lowest BCUT2D eigenvalue weighted by atomic mass is 10.0. The summed E-state index contributed by atoms with van der Waals surface area (Å²) in [5, 5.41) is 16.3. The second-order valence-corrected chi connectivity index (χ2v) is 9.33. The van der Waals surface area contributed by atoms with E-state index in [2.05, 4.69) is 15.4 Å². The van der Waals surface area contributed by atoms with E-state index in [1.165, 1.54) is 84.7 Å². The highest BCUT2D eigenvalue weighted by atomic mass is 19.3. The van der Waals surface area contributed by atoms with Crippen LogP contribution in [0.15, 0.2) is 67.1 Å². The first-order valence-corrected chi connectivity index (χ1v) is 12.4. The van der Waals surface area contributed by atoms with E-state index in [-0.39, 0.29) is 45.4 Å². The van der Waals surface area contributed by atoms with Gasteiger partial charge >= 0.3 is 0 Å². The number of ether oxygens (including phenoxy) is 2. The molecular weight excluding hydrogens is 534 g/mol. The molecule has 2 amide bonds. The van der Waals surface area contributed by atoms with Crippen LogP contribution in [-0.2, 0) is 12.5 Å². The molecule has 12 heteroatoms. The number of hydrogen-bond acceptors (Lipinski definition) is 7. The van der Waals surface area contributed by atoms with Gasteiger partial charge in [-0.3, -0.25) is 19.3 Å². The van der Waals surface area contributed by atoms with Gasteiger partial charge in [0, 0.05) is 28.6 Å². The van der Waals surface area contributed by atoms with Crippen molar-refractivity contribution in [3.63, 3.8) is 0 Å². The molecule has 0 bridgehead atoms. The molecule has 0 radical (unpaired) electrons. The van der Waals surface area contributed by atoms with Crippen LogP contribution in [-0.4, -0.2) is 46.8 Å². The number of nitrogens with zero attached hydrogens (tertiary/aromatic N) is 5. The van der Waals surface area contributed by atoms with Gasteiger partial charge in [-0.25, -0.2) is 0 Å². The number of carbonyl (C=O) groups is 2. The summed E-state index contributed by atoms with van der Waals surface area (Å²) in [5.74, 6) is -3.81. The Morgan fingerprint density at radius 1 is 1.07 bits per heavy atom. The number of rotatable bonds is 7. The second-order valence-electron chi connectivity index (χ2n) is 9.33. The number of nitrogens with one attached hydrogen (secondary N) is 1. The number of aromatic nitrogens is 3. The molecule has 1 atom stereocenters. The van der Waals surface area contributed by atoms with Crippen molar-refractivity contribution in [2.75, 3.05) is 24.4 Å². The summed E-state index contributed by atoms with van der Waals surface area (Å²) < 4.78 is 42.1. The molecule has 3 heterocycles. The number of fused-ring (bicyclic) bond motifs is 1. The van der Waals surface area contributed by atoms with Gasteiger partial charge in [-0.2, -0.15) is 19.1 Å². The number of nitriles is 1. The zero-order valence-electron chi connectivity index (χ0n) is 22.3. The van der Waals surface area contributed by atoms with E-state index in [4.69, 9.17) is 9.47 Å². The highest BCUT2D eigenvalue weighted by Crippen LogP contribution is 2.38. The van der Waals surface area contributed by atoms with Crippen LogP contribution in [0.25, 0.3) is 0 Å². The fraction of sp³-hybridized carbons (Fsp3) is 0.207. The minimum atomic E-state index is -3.35. The number of halogens is 2. The first kappa shape index (κ1) is 27.3. The Morgan fingerprint density at radius 3 is 2.51 bits per heavy atom. The lowest BCUT2D eigenvalue weighted by Gasteiger charge is -2.34. The fourth-order valence-electron chi connectivity index (χ4n) is 4.69. The molecule has 10 nitrogen and oxygen atoms in total. The molecule has 208 valence electrons. The Morgan fingerprint density at radius 2 is 1.83 bits per heavy atom. The molecule has 5 rings (SSSR count). The number of alkyl halides is 2. The van der Waals surface area contributed by atoms with Crippen LogP contribution in [0.2, 0.25) is 0 Å². The maximum absolute atomic E-state index is 15.2. The largest absolute Gasteiger partial charge is 0.495 e. The molecule has 2 aromatic heterocycles.